The maximum atomic E-state index is 11.6. The summed E-state index contributed by atoms with van der Waals surface area (Å²) in [6.45, 7) is 0. The van der Waals surface area contributed by atoms with Crippen LogP contribution in [-0.4, -0.2) is 22.1 Å². The highest BCUT2D eigenvalue weighted by atomic mass is 31.2. The average Bonchev–Trinajstić information content (AvgIpc) is 1.52. The average molecular weight is 216 g/mol. The maximum Gasteiger partial charge on any atom is 0.483 e. The van der Waals surface area contributed by atoms with Gasteiger partial charge in [0.15, 0.2) is 0 Å². The Balaban J connectivity index is 4.56. The zero-order chi connectivity index (χ0) is 10.2. The number of hydrogen-bond acceptors (Lipinski definition) is 2. The van der Waals surface area contributed by atoms with E-state index in [-0.39, 0.29) is 0 Å². The van der Waals surface area contributed by atoms with Crippen LogP contribution in [0, 0.1) is 0 Å². The van der Waals surface area contributed by atoms with Gasteiger partial charge < -0.3 is 9.79 Å². The van der Waals surface area contributed by atoms with Crippen molar-refractivity contribution in [2.75, 3.05) is 0 Å². The molecule has 10 heteroatoms. The molecular formula is C2H2F5O4P. The summed E-state index contributed by atoms with van der Waals surface area (Å²) in [6, 6.07) is 0. The second kappa shape index (κ2) is 2.91. The van der Waals surface area contributed by atoms with Crippen LogP contribution in [0.3, 0.4) is 0 Å². The van der Waals surface area contributed by atoms with Crippen LogP contribution in [0.4, 0.5) is 22.0 Å². The van der Waals surface area contributed by atoms with Crippen LogP contribution in [0.1, 0.15) is 0 Å². The van der Waals surface area contributed by atoms with Gasteiger partial charge in [0, 0.05) is 0 Å². The van der Waals surface area contributed by atoms with Crippen molar-refractivity contribution in [3.8, 4) is 0 Å². The zero-order valence-corrected chi connectivity index (χ0v) is 5.94. The first-order valence-electron chi connectivity index (χ1n) is 2.16. The first kappa shape index (κ1) is 11.8. The van der Waals surface area contributed by atoms with Gasteiger partial charge in [0.25, 0.3) is 0 Å². The molecule has 2 N–H and O–H groups in total. The Morgan fingerprint density at radius 1 is 1.08 bits per heavy atom. The molecule has 0 aromatic carbocycles. The molecule has 74 valence electrons. The lowest BCUT2D eigenvalue weighted by atomic mass is 10.6. The van der Waals surface area contributed by atoms with Gasteiger partial charge >= 0.3 is 20.1 Å². The van der Waals surface area contributed by atoms with Crippen molar-refractivity contribution < 1.29 is 40.8 Å². The van der Waals surface area contributed by atoms with E-state index in [1.807, 2.05) is 0 Å². The molecule has 0 aliphatic rings. The van der Waals surface area contributed by atoms with Crippen molar-refractivity contribution in [3.05, 3.63) is 0 Å². The van der Waals surface area contributed by atoms with E-state index in [1.165, 1.54) is 0 Å². The smallest absolute Gasteiger partial charge is 0.303 e. The third-order valence-electron chi connectivity index (χ3n) is 0.564. The summed E-state index contributed by atoms with van der Waals surface area (Å²) in [5.41, 5.74) is 0. The van der Waals surface area contributed by atoms with Gasteiger partial charge in [-0.1, -0.05) is 0 Å². The lowest BCUT2D eigenvalue weighted by Gasteiger charge is -2.18. The zero-order valence-electron chi connectivity index (χ0n) is 5.05. The second-order valence-corrected chi connectivity index (χ2v) is 2.76. The Morgan fingerprint density at radius 3 is 1.50 bits per heavy atom. The monoisotopic (exact) mass is 216 g/mol. The molecule has 0 amide bonds. The molecule has 0 radical (unpaired) electrons. The Bertz CT molecular complexity index is 204. The van der Waals surface area contributed by atoms with Crippen LogP contribution in [-0.2, 0) is 9.09 Å². The second-order valence-electron chi connectivity index (χ2n) is 1.60. The van der Waals surface area contributed by atoms with Gasteiger partial charge in [-0.15, -0.1) is 0 Å². The largest absolute Gasteiger partial charge is 0.483 e. The van der Waals surface area contributed by atoms with Gasteiger partial charge in [-0.2, -0.15) is 22.0 Å². The predicted octanol–water partition coefficient (Wildman–Crippen LogP) is 1.25. The van der Waals surface area contributed by atoms with E-state index < -0.39 is 20.1 Å². The fraction of sp³-hybridized carbons (Fsp3) is 1.00. The topological polar surface area (TPSA) is 66.8 Å². The molecule has 0 saturated heterocycles. The number of phosphoric ester groups is 1. The predicted molar refractivity (Wildman–Crippen MR) is 24.1 cm³/mol. The van der Waals surface area contributed by atoms with Crippen molar-refractivity contribution in [2.24, 2.45) is 0 Å². The summed E-state index contributed by atoms with van der Waals surface area (Å²) in [6.07, 6.45) is -12.0. The minimum absolute atomic E-state index is 2.20. The summed E-state index contributed by atoms with van der Waals surface area (Å²) in [4.78, 5) is 15.3. The number of hydrogen-bond donors (Lipinski definition) is 2. The quantitative estimate of drug-likeness (QED) is 0.538. The molecule has 0 aliphatic carbocycles. The highest BCUT2D eigenvalue weighted by molar-refractivity contribution is 7.46. The van der Waals surface area contributed by atoms with Gasteiger partial charge in [-0.25, -0.2) is 9.09 Å². The van der Waals surface area contributed by atoms with Gasteiger partial charge in [-0.3, -0.25) is 0 Å². The molecule has 0 aromatic rings. The molecule has 0 unspecified atom stereocenters. The van der Waals surface area contributed by atoms with Crippen LogP contribution >= 0.6 is 7.82 Å². The third kappa shape index (κ3) is 3.44. The summed E-state index contributed by atoms with van der Waals surface area (Å²) in [7, 11) is -5.85. The Hall–Kier alpha value is -0.240. The van der Waals surface area contributed by atoms with Gasteiger partial charge in [0.1, 0.15) is 0 Å². The first-order chi connectivity index (χ1) is 4.96. The Labute approximate surface area is 62.2 Å². The number of rotatable bonds is 2. The highest BCUT2D eigenvalue weighted by Gasteiger charge is 2.62. The molecule has 12 heavy (non-hydrogen) atoms. The van der Waals surface area contributed by atoms with Crippen LogP contribution in [0.25, 0.3) is 0 Å². The summed E-state index contributed by atoms with van der Waals surface area (Å²) in [5, 5.41) is 0. The Morgan fingerprint density at radius 2 is 1.42 bits per heavy atom. The van der Waals surface area contributed by atoms with Crippen molar-refractivity contribution in [3.63, 3.8) is 0 Å². The molecule has 0 saturated carbocycles. The van der Waals surface area contributed by atoms with E-state index >= 15 is 0 Å². The molecular weight excluding hydrogens is 214 g/mol. The fourth-order valence-electron chi connectivity index (χ4n) is 0.201. The molecule has 0 aliphatic heterocycles. The molecule has 4 nitrogen and oxygen atoms in total. The molecule has 0 atom stereocenters. The third-order valence-corrected chi connectivity index (χ3v) is 1.03. The van der Waals surface area contributed by atoms with E-state index in [0.717, 1.165) is 0 Å². The van der Waals surface area contributed by atoms with Crippen molar-refractivity contribution in [2.45, 2.75) is 12.3 Å². The molecule has 0 aromatic heterocycles. The van der Waals surface area contributed by atoms with E-state index in [2.05, 4.69) is 4.52 Å². The van der Waals surface area contributed by atoms with Crippen molar-refractivity contribution >= 4 is 7.82 Å². The molecule has 0 spiro atoms. The van der Waals surface area contributed by atoms with Gasteiger partial charge in [0.2, 0.25) is 0 Å². The summed E-state index contributed by atoms with van der Waals surface area (Å²) < 4.78 is 68.4. The minimum Gasteiger partial charge on any atom is -0.303 e. The van der Waals surface area contributed by atoms with Crippen molar-refractivity contribution in [1.29, 1.82) is 0 Å². The summed E-state index contributed by atoms with van der Waals surface area (Å²) in [5.74, 6) is 0. The van der Waals surface area contributed by atoms with E-state index in [1.54, 1.807) is 0 Å². The molecule has 0 bridgehead atoms. The minimum atomic E-state index is -6.14. The SMILES string of the molecule is O=P(O)(O)OC(F)(F)C(F)(F)F. The van der Waals surface area contributed by atoms with Gasteiger partial charge in [-0.05, 0) is 0 Å². The number of alkyl halides is 5. The number of halogens is 5. The van der Waals surface area contributed by atoms with E-state index in [9.17, 15) is 26.5 Å². The standard InChI is InChI=1S/C2H2F5O4P/c3-1(4,5)2(6,7)11-12(8,9)10/h(H2,8,9,10). The number of phosphoric acid groups is 1. The normalized spacial score (nSPS) is 14.9. The van der Waals surface area contributed by atoms with E-state index in [4.69, 9.17) is 9.79 Å². The Kier molecular flexibility index (Phi) is 2.85. The maximum absolute atomic E-state index is 11.6. The van der Waals surface area contributed by atoms with Crippen LogP contribution in [0.2, 0.25) is 0 Å². The van der Waals surface area contributed by atoms with E-state index in [0.29, 0.717) is 0 Å². The molecule has 0 rings (SSSR count). The van der Waals surface area contributed by atoms with Crippen molar-refractivity contribution in [1.82, 2.24) is 0 Å². The van der Waals surface area contributed by atoms with Crippen LogP contribution < -0.4 is 0 Å². The molecule has 0 fully saturated rings. The lowest BCUT2D eigenvalue weighted by molar-refractivity contribution is -0.364. The van der Waals surface area contributed by atoms with Crippen LogP contribution in [0.5, 0.6) is 0 Å². The van der Waals surface area contributed by atoms with Crippen LogP contribution in [0.15, 0.2) is 0 Å². The highest BCUT2D eigenvalue weighted by Crippen LogP contribution is 2.48. The lowest BCUT2D eigenvalue weighted by Crippen LogP contribution is -2.38. The first-order valence-corrected chi connectivity index (χ1v) is 3.69. The van der Waals surface area contributed by atoms with Gasteiger partial charge in [0.05, 0.1) is 0 Å². The summed E-state index contributed by atoms with van der Waals surface area (Å²) >= 11 is 0. The molecule has 0 heterocycles. The fourth-order valence-corrected chi connectivity index (χ4v) is 0.603.